The SMILES string of the molecule is CCN(C(=O)[C@@H]1C[C@H](N2CCOC(CO)C2)CN1c1cc(C(F)(F)F)cc(C)n1)c1ccc(F)c(F)c1. The number of carbonyl (C=O) groups excluding carboxylic acids is 1. The van der Waals surface area contributed by atoms with E-state index in [1.54, 1.807) is 11.8 Å². The Morgan fingerprint density at radius 2 is 1.95 bits per heavy atom. The third-order valence-electron chi connectivity index (χ3n) is 6.81. The summed E-state index contributed by atoms with van der Waals surface area (Å²) in [5.41, 5.74) is -0.571. The highest BCUT2D eigenvalue weighted by Crippen LogP contribution is 2.35. The molecule has 3 atom stereocenters. The van der Waals surface area contributed by atoms with Crippen LogP contribution in [0, 0.1) is 18.6 Å². The molecule has 1 aromatic carbocycles. The molecule has 1 amide bonds. The monoisotopic (exact) mass is 528 g/mol. The largest absolute Gasteiger partial charge is 0.416 e. The normalized spacial score (nSPS) is 22.9. The molecule has 2 aromatic rings. The number of morpholine rings is 1. The zero-order chi connectivity index (χ0) is 26.9. The van der Waals surface area contributed by atoms with Crippen molar-refractivity contribution in [1.29, 1.82) is 0 Å². The Kier molecular flexibility index (Phi) is 8.00. The molecule has 2 saturated heterocycles. The number of aryl methyl sites for hydroxylation is 1. The summed E-state index contributed by atoms with van der Waals surface area (Å²) in [5.74, 6) is -2.60. The standard InChI is InChI=1S/C25H29F5N4O3/c1-3-33(17-4-5-20(26)21(27)10-17)24(36)22-11-18(32-6-7-37-19(13-32)14-35)12-34(22)23-9-16(25(28,29)30)8-15(2)31-23/h4-5,8-10,18-19,22,35H,3,6-7,11-14H2,1-2H3/t18-,19?,22-/m0/s1. The van der Waals surface area contributed by atoms with E-state index in [0.717, 1.165) is 24.3 Å². The molecule has 1 unspecified atom stereocenters. The quantitative estimate of drug-likeness (QED) is 0.580. The van der Waals surface area contributed by atoms with Crippen molar-refractivity contribution in [1.82, 2.24) is 9.88 Å². The molecular weight excluding hydrogens is 499 g/mol. The molecule has 4 rings (SSSR count). The number of pyridine rings is 1. The van der Waals surface area contributed by atoms with Crippen LogP contribution in [0.4, 0.5) is 33.5 Å². The summed E-state index contributed by atoms with van der Waals surface area (Å²) in [6.07, 6.45) is -4.73. The van der Waals surface area contributed by atoms with Crippen molar-refractivity contribution < 1.29 is 36.6 Å². The van der Waals surface area contributed by atoms with Gasteiger partial charge in [-0.25, -0.2) is 13.8 Å². The van der Waals surface area contributed by atoms with E-state index in [1.165, 1.54) is 17.9 Å². The second-order valence-electron chi connectivity index (χ2n) is 9.26. The van der Waals surface area contributed by atoms with E-state index in [9.17, 15) is 31.9 Å². The number of likely N-dealkylation sites (N-methyl/N-ethyl adjacent to an activating group) is 1. The highest BCUT2D eigenvalue weighted by molar-refractivity contribution is 5.99. The van der Waals surface area contributed by atoms with Crippen LogP contribution in [0.1, 0.15) is 24.6 Å². The maximum Gasteiger partial charge on any atom is 0.416 e. The molecular formula is C25H29F5N4O3. The average Bonchev–Trinajstić information content (AvgIpc) is 3.31. The Hall–Kier alpha value is -2.83. The van der Waals surface area contributed by atoms with Crippen molar-refractivity contribution in [2.75, 3.05) is 49.2 Å². The highest BCUT2D eigenvalue weighted by Gasteiger charge is 2.43. The number of ether oxygens (including phenoxy) is 1. The number of aliphatic hydroxyl groups is 1. The Labute approximate surface area is 211 Å². The molecule has 12 heteroatoms. The van der Waals surface area contributed by atoms with Gasteiger partial charge < -0.3 is 19.6 Å². The molecule has 3 heterocycles. The number of benzene rings is 1. The topological polar surface area (TPSA) is 69.1 Å². The number of nitrogens with zero attached hydrogens (tertiary/aromatic N) is 4. The van der Waals surface area contributed by atoms with Gasteiger partial charge in [0.05, 0.1) is 24.9 Å². The molecule has 2 fully saturated rings. The summed E-state index contributed by atoms with van der Waals surface area (Å²) in [7, 11) is 0. The molecule has 0 aliphatic carbocycles. The third kappa shape index (κ3) is 5.86. The van der Waals surface area contributed by atoms with Crippen molar-refractivity contribution in [2.24, 2.45) is 0 Å². The number of aliphatic hydroxyl groups excluding tert-OH is 1. The number of amides is 1. The van der Waals surface area contributed by atoms with E-state index < -0.39 is 41.4 Å². The first kappa shape index (κ1) is 27.2. The van der Waals surface area contributed by atoms with Crippen LogP contribution in [0.3, 0.4) is 0 Å². The highest BCUT2D eigenvalue weighted by atomic mass is 19.4. The number of carbonyl (C=O) groups is 1. The number of alkyl halides is 3. The van der Waals surface area contributed by atoms with Crippen LogP contribution in [-0.4, -0.2) is 78.5 Å². The van der Waals surface area contributed by atoms with E-state index in [0.29, 0.717) is 19.7 Å². The van der Waals surface area contributed by atoms with Gasteiger partial charge >= 0.3 is 6.18 Å². The van der Waals surface area contributed by atoms with Gasteiger partial charge in [-0.15, -0.1) is 0 Å². The van der Waals surface area contributed by atoms with E-state index >= 15 is 0 Å². The zero-order valence-electron chi connectivity index (χ0n) is 20.5. The zero-order valence-corrected chi connectivity index (χ0v) is 20.5. The lowest BCUT2D eigenvalue weighted by Gasteiger charge is -2.36. The van der Waals surface area contributed by atoms with Gasteiger partial charge in [0, 0.05) is 49.7 Å². The van der Waals surface area contributed by atoms with Crippen LogP contribution >= 0.6 is 0 Å². The minimum atomic E-state index is -4.60. The third-order valence-corrected chi connectivity index (χ3v) is 6.81. The Morgan fingerprint density at radius 3 is 2.59 bits per heavy atom. The number of aromatic nitrogens is 1. The van der Waals surface area contributed by atoms with Crippen LogP contribution < -0.4 is 9.80 Å². The van der Waals surface area contributed by atoms with E-state index in [4.69, 9.17) is 4.74 Å². The first-order valence-electron chi connectivity index (χ1n) is 12.1. The Balaban J connectivity index is 1.70. The molecule has 2 aliphatic heterocycles. The van der Waals surface area contributed by atoms with Gasteiger partial charge in [0.2, 0.25) is 5.91 Å². The van der Waals surface area contributed by atoms with Gasteiger partial charge in [-0.1, -0.05) is 0 Å². The number of halogens is 5. The number of anilines is 2. The van der Waals surface area contributed by atoms with Gasteiger partial charge in [0.25, 0.3) is 0 Å². The Bertz CT molecular complexity index is 1130. The molecule has 202 valence electrons. The number of hydrogen-bond donors (Lipinski definition) is 1. The lowest BCUT2D eigenvalue weighted by Crippen LogP contribution is -2.49. The fourth-order valence-corrected chi connectivity index (χ4v) is 5.01. The summed E-state index contributed by atoms with van der Waals surface area (Å²) in [5, 5.41) is 9.54. The van der Waals surface area contributed by atoms with Crippen LogP contribution in [0.5, 0.6) is 0 Å². The van der Waals surface area contributed by atoms with Crippen LogP contribution in [0.2, 0.25) is 0 Å². The van der Waals surface area contributed by atoms with Gasteiger partial charge in [-0.3, -0.25) is 9.69 Å². The molecule has 37 heavy (non-hydrogen) atoms. The summed E-state index contributed by atoms with van der Waals surface area (Å²) in [6, 6.07) is 3.89. The Morgan fingerprint density at radius 1 is 1.19 bits per heavy atom. The summed E-state index contributed by atoms with van der Waals surface area (Å²) < 4.78 is 73.7. The minimum absolute atomic E-state index is 0.0153. The molecule has 2 aliphatic rings. The maximum absolute atomic E-state index is 14.0. The summed E-state index contributed by atoms with van der Waals surface area (Å²) in [4.78, 5) is 23.0. The van der Waals surface area contributed by atoms with Crippen molar-refractivity contribution >= 4 is 17.4 Å². The van der Waals surface area contributed by atoms with Crippen molar-refractivity contribution in [3.05, 3.63) is 53.2 Å². The molecule has 0 saturated carbocycles. The second-order valence-corrected chi connectivity index (χ2v) is 9.26. The van der Waals surface area contributed by atoms with Crippen molar-refractivity contribution in [3.8, 4) is 0 Å². The maximum atomic E-state index is 14.0. The fraction of sp³-hybridized carbons (Fsp3) is 0.520. The average molecular weight is 529 g/mol. The lowest BCUT2D eigenvalue weighted by atomic mass is 10.1. The smallest absolute Gasteiger partial charge is 0.394 e. The van der Waals surface area contributed by atoms with Gasteiger partial charge in [0.15, 0.2) is 11.6 Å². The summed E-state index contributed by atoms with van der Waals surface area (Å²) in [6.45, 7) is 4.63. The molecule has 1 aromatic heterocycles. The van der Waals surface area contributed by atoms with Crippen LogP contribution in [-0.2, 0) is 15.7 Å². The first-order chi connectivity index (χ1) is 17.5. The van der Waals surface area contributed by atoms with E-state index in [1.807, 2.05) is 0 Å². The predicted molar refractivity (Wildman–Crippen MR) is 126 cm³/mol. The lowest BCUT2D eigenvalue weighted by molar-refractivity contribution is -0.137. The molecule has 0 bridgehead atoms. The molecule has 0 radical (unpaired) electrons. The van der Waals surface area contributed by atoms with Gasteiger partial charge in [-0.2, -0.15) is 13.2 Å². The second kappa shape index (κ2) is 10.9. The number of rotatable bonds is 6. The van der Waals surface area contributed by atoms with Crippen molar-refractivity contribution in [3.63, 3.8) is 0 Å². The van der Waals surface area contributed by atoms with E-state index in [2.05, 4.69) is 9.88 Å². The van der Waals surface area contributed by atoms with Crippen molar-refractivity contribution in [2.45, 2.75) is 44.6 Å². The number of hydrogen-bond acceptors (Lipinski definition) is 6. The van der Waals surface area contributed by atoms with Crippen LogP contribution in [0.15, 0.2) is 30.3 Å². The summed E-state index contributed by atoms with van der Waals surface area (Å²) >= 11 is 0. The minimum Gasteiger partial charge on any atom is -0.394 e. The molecule has 0 spiro atoms. The van der Waals surface area contributed by atoms with Gasteiger partial charge in [-0.05, 0) is 44.5 Å². The fourth-order valence-electron chi connectivity index (χ4n) is 5.01. The molecule has 1 N–H and O–H groups in total. The van der Waals surface area contributed by atoms with E-state index in [-0.39, 0.29) is 49.4 Å². The molecule has 7 nitrogen and oxygen atoms in total. The van der Waals surface area contributed by atoms with Gasteiger partial charge in [0.1, 0.15) is 11.9 Å². The predicted octanol–water partition coefficient (Wildman–Crippen LogP) is 3.38. The first-order valence-corrected chi connectivity index (χ1v) is 12.1. The van der Waals surface area contributed by atoms with Crippen LogP contribution in [0.25, 0.3) is 0 Å².